The van der Waals surface area contributed by atoms with Gasteiger partial charge in [-0.2, -0.15) is 0 Å². The molecule has 0 radical (unpaired) electrons. The predicted molar refractivity (Wildman–Crippen MR) is 82.4 cm³/mol. The Hall–Kier alpha value is -2.31. The molecule has 0 aliphatic heterocycles. The lowest BCUT2D eigenvalue weighted by atomic mass is 10.1. The highest BCUT2D eigenvalue weighted by Gasteiger charge is 2.17. The lowest BCUT2D eigenvalue weighted by Gasteiger charge is -2.09. The van der Waals surface area contributed by atoms with Gasteiger partial charge in [-0.15, -0.1) is 0 Å². The van der Waals surface area contributed by atoms with Crippen LogP contribution in [-0.4, -0.2) is 10.8 Å². The molecule has 0 aliphatic carbocycles. The van der Waals surface area contributed by atoms with E-state index in [1.54, 1.807) is 12.1 Å². The van der Waals surface area contributed by atoms with Gasteiger partial charge in [0, 0.05) is 22.7 Å². The van der Waals surface area contributed by atoms with E-state index < -0.39 is 10.8 Å². The topological polar surface area (TPSA) is 95.5 Å². The zero-order chi connectivity index (χ0) is 16.3. The smallest absolute Gasteiger partial charge is 0.276 e. The molecule has 0 aliphatic rings. The van der Waals surface area contributed by atoms with Crippen molar-refractivity contribution in [3.63, 3.8) is 0 Å². The SMILES string of the molecule is NC(=O)c1ccc(COc2cc(Cl)ccc2Cl)c([N+](=O)[O-])c1. The molecule has 2 aromatic rings. The normalized spacial score (nSPS) is 10.3. The van der Waals surface area contributed by atoms with Crippen LogP contribution in [0.15, 0.2) is 36.4 Å². The number of nitrogens with two attached hydrogens (primary N) is 1. The zero-order valence-corrected chi connectivity index (χ0v) is 12.6. The molecule has 0 spiro atoms. The highest BCUT2D eigenvalue weighted by Crippen LogP contribution is 2.29. The second-order valence-corrected chi connectivity index (χ2v) is 5.17. The number of hydrogen-bond donors (Lipinski definition) is 1. The van der Waals surface area contributed by atoms with Crippen LogP contribution in [0.5, 0.6) is 5.75 Å². The molecular weight excluding hydrogens is 331 g/mol. The molecule has 6 nitrogen and oxygen atoms in total. The summed E-state index contributed by atoms with van der Waals surface area (Å²) >= 11 is 11.8. The summed E-state index contributed by atoms with van der Waals surface area (Å²) in [4.78, 5) is 21.6. The Morgan fingerprint density at radius 1 is 1.23 bits per heavy atom. The molecule has 8 heteroatoms. The van der Waals surface area contributed by atoms with Gasteiger partial charge in [0.05, 0.1) is 15.5 Å². The second-order valence-electron chi connectivity index (χ2n) is 4.33. The fourth-order valence-electron chi connectivity index (χ4n) is 1.75. The molecule has 1 amide bonds. The van der Waals surface area contributed by atoms with Gasteiger partial charge >= 0.3 is 0 Å². The van der Waals surface area contributed by atoms with Crippen molar-refractivity contribution in [3.8, 4) is 5.75 Å². The number of nitro benzene ring substituents is 1. The maximum absolute atomic E-state index is 11.1. The molecule has 2 rings (SSSR count). The summed E-state index contributed by atoms with van der Waals surface area (Å²) in [6, 6.07) is 8.59. The van der Waals surface area contributed by atoms with E-state index in [0.29, 0.717) is 15.8 Å². The van der Waals surface area contributed by atoms with Gasteiger partial charge < -0.3 is 10.5 Å². The number of primary amides is 1. The molecule has 0 atom stereocenters. The summed E-state index contributed by atoms with van der Waals surface area (Å²) in [6.07, 6.45) is 0. The molecule has 0 aromatic heterocycles. The summed E-state index contributed by atoms with van der Waals surface area (Å²) < 4.78 is 5.46. The summed E-state index contributed by atoms with van der Waals surface area (Å²) in [7, 11) is 0. The molecule has 0 unspecified atom stereocenters. The summed E-state index contributed by atoms with van der Waals surface area (Å²) in [6.45, 7) is -0.102. The average Bonchev–Trinajstić information content (AvgIpc) is 2.47. The highest BCUT2D eigenvalue weighted by molar-refractivity contribution is 6.34. The summed E-state index contributed by atoms with van der Waals surface area (Å²) in [5.74, 6) is -0.434. The van der Waals surface area contributed by atoms with Gasteiger partial charge in [-0.25, -0.2) is 0 Å². The summed E-state index contributed by atoms with van der Waals surface area (Å²) in [5.41, 5.74) is 5.19. The average molecular weight is 341 g/mol. The minimum Gasteiger partial charge on any atom is -0.487 e. The number of nitrogens with zero attached hydrogens (tertiary/aromatic N) is 1. The van der Waals surface area contributed by atoms with Gasteiger partial charge in [0.25, 0.3) is 5.69 Å². The van der Waals surface area contributed by atoms with Gasteiger partial charge in [-0.1, -0.05) is 23.2 Å². The van der Waals surface area contributed by atoms with E-state index in [2.05, 4.69) is 0 Å². The maximum Gasteiger partial charge on any atom is 0.276 e. The zero-order valence-electron chi connectivity index (χ0n) is 11.1. The Balaban J connectivity index is 2.27. The Morgan fingerprint density at radius 2 is 1.95 bits per heavy atom. The number of carbonyl (C=O) groups excluding carboxylic acids is 1. The number of rotatable bonds is 5. The number of hydrogen-bond acceptors (Lipinski definition) is 4. The van der Waals surface area contributed by atoms with E-state index >= 15 is 0 Å². The van der Waals surface area contributed by atoms with Crippen LogP contribution in [0.25, 0.3) is 0 Å². The van der Waals surface area contributed by atoms with E-state index in [-0.39, 0.29) is 23.4 Å². The molecule has 2 aromatic carbocycles. The Morgan fingerprint density at radius 3 is 2.59 bits per heavy atom. The first-order valence-corrected chi connectivity index (χ1v) is 6.79. The molecule has 114 valence electrons. The molecule has 22 heavy (non-hydrogen) atoms. The number of halogens is 2. The Kier molecular flexibility index (Phi) is 4.85. The van der Waals surface area contributed by atoms with Crippen LogP contribution in [0, 0.1) is 10.1 Å². The van der Waals surface area contributed by atoms with Crippen LogP contribution < -0.4 is 10.5 Å². The number of ether oxygens (including phenoxy) is 1. The predicted octanol–water partition coefficient (Wildman–Crippen LogP) is 3.58. The lowest BCUT2D eigenvalue weighted by Crippen LogP contribution is -2.12. The van der Waals surface area contributed by atoms with Crippen molar-refractivity contribution < 1.29 is 14.5 Å². The van der Waals surface area contributed by atoms with Gasteiger partial charge in [-0.05, 0) is 24.3 Å². The third-order valence-electron chi connectivity index (χ3n) is 2.84. The summed E-state index contributed by atoms with van der Waals surface area (Å²) in [5, 5.41) is 11.8. The minimum absolute atomic E-state index is 0.0521. The number of nitro groups is 1. The number of benzene rings is 2. The third-order valence-corrected chi connectivity index (χ3v) is 3.39. The molecule has 0 heterocycles. The first-order chi connectivity index (χ1) is 10.4. The van der Waals surface area contributed by atoms with Gasteiger partial charge in [0.2, 0.25) is 5.91 Å². The van der Waals surface area contributed by atoms with Crippen molar-refractivity contribution in [1.82, 2.24) is 0 Å². The van der Waals surface area contributed by atoms with Gasteiger partial charge in [0.15, 0.2) is 0 Å². The monoisotopic (exact) mass is 340 g/mol. The molecule has 0 saturated carbocycles. The number of amides is 1. The van der Waals surface area contributed by atoms with Crippen LogP contribution in [0.2, 0.25) is 10.0 Å². The van der Waals surface area contributed by atoms with Crippen LogP contribution in [0.4, 0.5) is 5.69 Å². The lowest BCUT2D eigenvalue weighted by molar-refractivity contribution is -0.385. The van der Waals surface area contributed by atoms with Crippen molar-refractivity contribution in [2.45, 2.75) is 6.61 Å². The largest absolute Gasteiger partial charge is 0.487 e. The Bertz CT molecular complexity index is 750. The third kappa shape index (κ3) is 3.66. The molecule has 0 bridgehead atoms. The van der Waals surface area contributed by atoms with Gasteiger partial charge in [-0.3, -0.25) is 14.9 Å². The van der Waals surface area contributed by atoms with Crippen LogP contribution >= 0.6 is 23.2 Å². The van der Waals surface area contributed by atoms with Gasteiger partial charge in [0.1, 0.15) is 12.4 Å². The van der Waals surface area contributed by atoms with Crippen molar-refractivity contribution in [3.05, 3.63) is 67.7 Å². The van der Waals surface area contributed by atoms with E-state index in [1.807, 2.05) is 0 Å². The highest BCUT2D eigenvalue weighted by atomic mass is 35.5. The van der Waals surface area contributed by atoms with E-state index in [9.17, 15) is 14.9 Å². The molecule has 0 fully saturated rings. The van der Waals surface area contributed by atoms with Crippen molar-refractivity contribution in [1.29, 1.82) is 0 Å². The van der Waals surface area contributed by atoms with E-state index in [0.717, 1.165) is 6.07 Å². The fourth-order valence-corrected chi connectivity index (χ4v) is 2.09. The second kappa shape index (κ2) is 6.64. The minimum atomic E-state index is -0.742. The molecular formula is C14H10Cl2N2O4. The van der Waals surface area contributed by atoms with Crippen LogP contribution in [0.3, 0.4) is 0 Å². The molecule has 2 N–H and O–H groups in total. The van der Waals surface area contributed by atoms with E-state index in [1.165, 1.54) is 18.2 Å². The maximum atomic E-state index is 11.1. The Labute approximate surface area is 135 Å². The van der Waals surface area contributed by atoms with Crippen molar-refractivity contribution in [2.75, 3.05) is 0 Å². The fraction of sp³-hybridized carbons (Fsp3) is 0.0714. The number of carbonyl (C=O) groups is 1. The van der Waals surface area contributed by atoms with Crippen LogP contribution in [-0.2, 0) is 6.61 Å². The first-order valence-electron chi connectivity index (χ1n) is 6.03. The van der Waals surface area contributed by atoms with Crippen molar-refractivity contribution >= 4 is 34.8 Å². The first kappa shape index (κ1) is 16.1. The molecule has 0 saturated heterocycles. The van der Waals surface area contributed by atoms with E-state index in [4.69, 9.17) is 33.7 Å². The van der Waals surface area contributed by atoms with Crippen LogP contribution in [0.1, 0.15) is 15.9 Å². The quantitative estimate of drug-likeness (QED) is 0.664. The van der Waals surface area contributed by atoms with Crippen molar-refractivity contribution in [2.24, 2.45) is 5.73 Å². The standard InChI is InChI=1S/C14H10Cl2N2O4/c15-10-3-4-11(16)13(6-10)22-7-9-2-1-8(14(17)19)5-12(9)18(20)21/h1-6H,7H2,(H2,17,19).